The van der Waals surface area contributed by atoms with Crippen LogP contribution in [0.1, 0.15) is 45.9 Å². The fourth-order valence-electron chi connectivity index (χ4n) is 3.79. The van der Waals surface area contributed by atoms with E-state index in [9.17, 15) is 4.79 Å². The standard InChI is InChI=1S/C24H25N3O/c1-17-10-11-20(15-18(17)2)24(28)27-14-6-9-21(16-27)22-12-13-25-23(26-22)19-7-4-3-5-8-19/h3-5,7-8,10-13,15,21H,6,9,14,16H2,1-2H3. The number of carbonyl (C=O) groups is 1. The van der Waals surface area contributed by atoms with Gasteiger partial charge in [-0.15, -0.1) is 0 Å². The van der Waals surface area contributed by atoms with E-state index in [1.165, 1.54) is 5.56 Å². The lowest BCUT2D eigenvalue weighted by Gasteiger charge is -2.32. The third-order valence-corrected chi connectivity index (χ3v) is 5.59. The molecule has 0 spiro atoms. The summed E-state index contributed by atoms with van der Waals surface area (Å²) in [4.78, 5) is 24.2. The number of aryl methyl sites for hydroxylation is 2. The van der Waals surface area contributed by atoms with Crippen molar-refractivity contribution in [2.75, 3.05) is 13.1 Å². The number of likely N-dealkylation sites (tertiary alicyclic amines) is 1. The molecule has 4 nitrogen and oxygen atoms in total. The van der Waals surface area contributed by atoms with Gasteiger partial charge in [-0.05, 0) is 56.0 Å². The summed E-state index contributed by atoms with van der Waals surface area (Å²) in [7, 11) is 0. The van der Waals surface area contributed by atoms with Crippen molar-refractivity contribution in [3.05, 3.63) is 83.2 Å². The molecule has 0 N–H and O–H groups in total. The third kappa shape index (κ3) is 3.81. The van der Waals surface area contributed by atoms with Gasteiger partial charge in [-0.1, -0.05) is 36.4 Å². The summed E-state index contributed by atoms with van der Waals surface area (Å²) in [6, 6.07) is 18.0. The van der Waals surface area contributed by atoms with E-state index in [0.717, 1.165) is 47.6 Å². The number of nitrogens with zero attached hydrogens (tertiary/aromatic N) is 3. The van der Waals surface area contributed by atoms with Gasteiger partial charge in [0.15, 0.2) is 5.82 Å². The van der Waals surface area contributed by atoms with Crippen molar-refractivity contribution in [1.82, 2.24) is 14.9 Å². The molecule has 2 heterocycles. The predicted octanol–water partition coefficient (Wildman–Crippen LogP) is 4.78. The molecule has 28 heavy (non-hydrogen) atoms. The molecule has 0 bridgehead atoms. The monoisotopic (exact) mass is 371 g/mol. The number of amides is 1. The van der Waals surface area contributed by atoms with E-state index in [2.05, 4.69) is 18.8 Å². The van der Waals surface area contributed by atoms with E-state index in [4.69, 9.17) is 4.98 Å². The minimum absolute atomic E-state index is 0.116. The topological polar surface area (TPSA) is 46.1 Å². The first-order valence-corrected chi connectivity index (χ1v) is 9.87. The van der Waals surface area contributed by atoms with E-state index in [0.29, 0.717) is 6.54 Å². The van der Waals surface area contributed by atoms with Crippen LogP contribution in [0.3, 0.4) is 0 Å². The molecule has 1 atom stereocenters. The van der Waals surface area contributed by atoms with Gasteiger partial charge in [-0.2, -0.15) is 0 Å². The number of carbonyl (C=O) groups excluding carboxylic acids is 1. The van der Waals surface area contributed by atoms with E-state index in [1.807, 2.05) is 65.7 Å². The van der Waals surface area contributed by atoms with E-state index >= 15 is 0 Å². The molecule has 0 aliphatic carbocycles. The Morgan fingerprint density at radius 2 is 1.86 bits per heavy atom. The Hall–Kier alpha value is -3.01. The van der Waals surface area contributed by atoms with Crippen LogP contribution in [0.15, 0.2) is 60.8 Å². The van der Waals surface area contributed by atoms with Crippen molar-refractivity contribution >= 4 is 5.91 Å². The number of aromatic nitrogens is 2. The Labute approximate surface area is 166 Å². The molecule has 4 heteroatoms. The van der Waals surface area contributed by atoms with Crippen molar-refractivity contribution in [2.24, 2.45) is 0 Å². The first-order chi connectivity index (χ1) is 13.6. The highest BCUT2D eigenvalue weighted by Gasteiger charge is 2.26. The molecule has 1 aliphatic heterocycles. The number of rotatable bonds is 3. The van der Waals surface area contributed by atoms with Crippen LogP contribution in [0.5, 0.6) is 0 Å². The molecule has 142 valence electrons. The molecule has 2 aromatic carbocycles. The van der Waals surface area contributed by atoms with Crippen molar-refractivity contribution in [3.8, 4) is 11.4 Å². The highest BCUT2D eigenvalue weighted by Crippen LogP contribution is 2.28. The maximum absolute atomic E-state index is 13.0. The second-order valence-corrected chi connectivity index (χ2v) is 7.56. The lowest BCUT2D eigenvalue weighted by atomic mass is 9.93. The molecule has 4 rings (SSSR count). The number of hydrogen-bond acceptors (Lipinski definition) is 3. The summed E-state index contributed by atoms with van der Waals surface area (Å²) in [5.74, 6) is 1.11. The van der Waals surface area contributed by atoms with Crippen LogP contribution in [0, 0.1) is 13.8 Å². The third-order valence-electron chi connectivity index (χ3n) is 5.59. The Morgan fingerprint density at radius 1 is 1.04 bits per heavy atom. The van der Waals surface area contributed by atoms with Crippen LogP contribution < -0.4 is 0 Å². The molecular formula is C24H25N3O. The quantitative estimate of drug-likeness (QED) is 0.666. The number of hydrogen-bond donors (Lipinski definition) is 0. The molecule has 1 unspecified atom stereocenters. The Morgan fingerprint density at radius 3 is 2.64 bits per heavy atom. The van der Waals surface area contributed by atoms with Crippen LogP contribution >= 0.6 is 0 Å². The van der Waals surface area contributed by atoms with Crippen molar-refractivity contribution in [3.63, 3.8) is 0 Å². The minimum Gasteiger partial charge on any atom is -0.338 e. The molecular weight excluding hydrogens is 346 g/mol. The fraction of sp³-hybridized carbons (Fsp3) is 0.292. The molecule has 3 aromatic rings. The average Bonchev–Trinajstić information content (AvgIpc) is 2.76. The average molecular weight is 371 g/mol. The summed E-state index contributed by atoms with van der Waals surface area (Å²) < 4.78 is 0. The zero-order chi connectivity index (χ0) is 19.5. The Bertz CT molecular complexity index is 984. The molecule has 1 fully saturated rings. The summed E-state index contributed by atoms with van der Waals surface area (Å²) in [6.45, 7) is 5.63. The smallest absolute Gasteiger partial charge is 0.253 e. The van der Waals surface area contributed by atoms with Gasteiger partial charge in [-0.25, -0.2) is 9.97 Å². The van der Waals surface area contributed by atoms with E-state index in [-0.39, 0.29) is 11.8 Å². The zero-order valence-corrected chi connectivity index (χ0v) is 16.4. The van der Waals surface area contributed by atoms with Crippen molar-refractivity contribution in [1.29, 1.82) is 0 Å². The first kappa shape index (κ1) is 18.4. The van der Waals surface area contributed by atoms with Gasteiger partial charge in [-0.3, -0.25) is 4.79 Å². The van der Waals surface area contributed by atoms with Gasteiger partial charge in [0, 0.05) is 42.0 Å². The number of benzene rings is 2. The Balaban J connectivity index is 1.54. The molecule has 1 saturated heterocycles. The highest BCUT2D eigenvalue weighted by molar-refractivity contribution is 5.94. The lowest BCUT2D eigenvalue weighted by Crippen LogP contribution is -2.39. The molecule has 1 aliphatic rings. The molecule has 1 amide bonds. The van der Waals surface area contributed by atoms with Crippen molar-refractivity contribution < 1.29 is 4.79 Å². The van der Waals surface area contributed by atoms with Gasteiger partial charge >= 0.3 is 0 Å². The number of piperidine rings is 1. The van der Waals surface area contributed by atoms with Gasteiger partial charge in [0.25, 0.3) is 5.91 Å². The minimum atomic E-state index is 0.116. The predicted molar refractivity (Wildman–Crippen MR) is 111 cm³/mol. The summed E-state index contributed by atoms with van der Waals surface area (Å²) in [6.07, 6.45) is 3.86. The van der Waals surface area contributed by atoms with Crippen LogP contribution in [-0.4, -0.2) is 33.9 Å². The maximum Gasteiger partial charge on any atom is 0.253 e. The van der Waals surface area contributed by atoms with Crippen molar-refractivity contribution in [2.45, 2.75) is 32.6 Å². The molecule has 1 aromatic heterocycles. The Kier molecular flexibility index (Phi) is 5.20. The second kappa shape index (κ2) is 7.93. The second-order valence-electron chi connectivity index (χ2n) is 7.56. The summed E-state index contributed by atoms with van der Waals surface area (Å²) in [5, 5.41) is 0. The SMILES string of the molecule is Cc1ccc(C(=O)N2CCCC(c3ccnc(-c4ccccc4)n3)C2)cc1C. The zero-order valence-electron chi connectivity index (χ0n) is 16.4. The first-order valence-electron chi connectivity index (χ1n) is 9.87. The largest absolute Gasteiger partial charge is 0.338 e. The van der Waals surface area contributed by atoms with E-state index < -0.39 is 0 Å². The van der Waals surface area contributed by atoms with E-state index in [1.54, 1.807) is 0 Å². The highest BCUT2D eigenvalue weighted by atomic mass is 16.2. The maximum atomic E-state index is 13.0. The van der Waals surface area contributed by atoms with Crippen LogP contribution in [0.4, 0.5) is 0 Å². The molecule has 0 radical (unpaired) electrons. The normalized spacial score (nSPS) is 16.8. The lowest BCUT2D eigenvalue weighted by molar-refractivity contribution is 0.0706. The summed E-state index contributed by atoms with van der Waals surface area (Å²) in [5.41, 5.74) is 5.18. The van der Waals surface area contributed by atoms with Gasteiger partial charge < -0.3 is 4.90 Å². The van der Waals surface area contributed by atoms with Gasteiger partial charge in [0.2, 0.25) is 0 Å². The van der Waals surface area contributed by atoms with Gasteiger partial charge in [0.1, 0.15) is 0 Å². The van der Waals surface area contributed by atoms with Crippen LogP contribution in [0.25, 0.3) is 11.4 Å². The molecule has 0 saturated carbocycles. The summed E-state index contributed by atoms with van der Waals surface area (Å²) >= 11 is 0. The van der Waals surface area contributed by atoms with Crippen LogP contribution in [0.2, 0.25) is 0 Å². The van der Waals surface area contributed by atoms with Crippen LogP contribution in [-0.2, 0) is 0 Å². The van der Waals surface area contributed by atoms with Gasteiger partial charge in [0.05, 0.1) is 0 Å². The fourth-order valence-corrected chi connectivity index (χ4v) is 3.79.